The van der Waals surface area contributed by atoms with Crippen LogP contribution in [0, 0.1) is 0 Å². The van der Waals surface area contributed by atoms with Gasteiger partial charge in [0.2, 0.25) is 0 Å². The van der Waals surface area contributed by atoms with E-state index in [1.54, 1.807) is 11.4 Å². The molecule has 2 saturated heterocycles. The molecule has 1 N–H and O–H groups in total. The number of piperazine rings is 1. The molecule has 0 aromatic heterocycles. The van der Waals surface area contributed by atoms with Crippen molar-refractivity contribution in [2.75, 3.05) is 53.0 Å². The lowest BCUT2D eigenvalue weighted by Gasteiger charge is -2.39. The fourth-order valence-electron chi connectivity index (χ4n) is 3.09. The van der Waals surface area contributed by atoms with Gasteiger partial charge in [-0.2, -0.15) is 17.0 Å². The summed E-state index contributed by atoms with van der Waals surface area (Å²) in [6, 6.07) is 7.32. The maximum Gasteiger partial charge on any atom is 0.282 e. The highest BCUT2D eigenvalue weighted by molar-refractivity contribution is 7.86. The summed E-state index contributed by atoms with van der Waals surface area (Å²) in [6.45, 7) is 3.38. The smallest absolute Gasteiger partial charge is 0.282 e. The van der Waals surface area contributed by atoms with E-state index in [2.05, 4.69) is 5.32 Å². The summed E-state index contributed by atoms with van der Waals surface area (Å²) in [6.07, 6.45) is 0. The molecule has 1 unspecified atom stereocenters. The van der Waals surface area contributed by atoms with Crippen molar-refractivity contribution in [3.8, 4) is 5.75 Å². The molecular formula is C15H23N3O4S. The maximum absolute atomic E-state index is 13.1. The largest absolute Gasteiger partial charge is 0.496 e. The van der Waals surface area contributed by atoms with Crippen LogP contribution in [-0.4, -0.2) is 70.1 Å². The summed E-state index contributed by atoms with van der Waals surface area (Å²) < 4.78 is 39.9. The van der Waals surface area contributed by atoms with Crippen molar-refractivity contribution in [3.05, 3.63) is 29.8 Å². The van der Waals surface area contributed by atoms with Crippen LogP contribution in [0.15, 0.2) is 24.3 Å². The van der Waals surface area contributed by atoms with E-state index in [1.165, 1.54) is 4.31 Å². The molecule has 0 radical (unpaired) electrons. The summed E-state index contributed by atoms with van der Waals surface area (Å²) in [4.78, 5) is 0. The second-order valence-electron chi connectivity index (χ2n) is 5.59. The van der Waals surface area contributed by atoms with Gasteiger partial charge in [0.1, 0.15) is 5.75 Å². The number of ether oxygens (including phenoxy) is 2. The first-order valence-corrected chi connectivity index (χ1v) is 9.22. The minimum Gasteiger partial charge on any atom is -0.496 e. The summed E-state index contributed by atoms with van der Waals surface area (Å²) in [5, 5.41) is 3.28. The van der Waals surface area contributed by atoms with Crippen molar-refractivity contribution in [2.45, 2.75) is 6.04 Å². The first kappa shape index (κ1) is 16.7. The number of benzene rings is 1. The average molecular weight is 341 g/mol. The molecule has 3 rings (SSSR count). The Bertz CT molecular complexity index is 631. The van der Waals surface area contributed by atoms with Gasteiger partial charge in [0.15, 0.2) is 0 Å². The van der Waals surface area contributed by atoms with Crippen molar-refractivity contribution < 1.29 is 17.9 Å². The number of rotatable bonds is 4. The Balaban J connectivity index is 1.92. The van der Waals surface area contributed by atoms with Crippen LogP contribution in [0.3, 0.4) is 0 Å². The van der Waals surface area contributed by atoms with Crippen LogP contribution < -0.4 is 10.1 Å². The van der Waals surface area contributed by atoms with Crippen LogP contribution in [0.5, 0.6) is 5.75 Å². The predicted molar refractivity (Wildman–Crippen MR) is 86.6 cm³/mol. The lowest BCUT2D eigenvalue weighted by atomic mass is 10.0. The van der Waals surface area contributed by atoms with Gasteiger partial charge >= 0.3 is 0 Å². The van der Waals surface area contributed by atoms with E-state index in [0.717, 1.165) is 5.56 Å². The fraction of sp³-hybridized carbons (Fsp3) is 0.600. The molecule has 2 aliphatic heterocycles. The molecule has 2 aliphatic rings. The van der Waals surface area contributed by atoms with Gasteiger partial charge in [-0.25, -0.2) is 0 Å². The zero-order chi connectivity index (χ0) is 16.3. The Morgan fingerprint density at radius 2 is 1.96 bits per heavy atom. The predicted octanol–water partition coefficient (Wildman–Crippen LogP) is 0.219. The summed E-state index contributed by atoms with van der Waals surface area (Å²) >= 11 is 0. The van der Waals surface area contributed by atoms with Gasteiger partial charge in [0.05, 0.1) is 26.4 Å². The van der Waals surface area contributed by atoms with E-state index in [4.69, 9.17) is 9.47 Å². The van der Waals surface area contributed by atoms with Crippen molar-refractivity contribution in [2.24, 2.45) is 0 Å². The summed E-state index contributed by atoms with van der Waals surface area (Å²) in [7, 11) is -1.91. The normalized spacial score (nSPS) is 24.5. The zero-order valence-electron chi connectivity index (χ0n) is 13.3. The minimum absolute atomic E-state index is 0.271. The quantitative estimate of drug-likeness (QED) is 0.848. The third kappa shape index (κ3) is 3.36. The number of hydrogen-bond acceptors (Lipinski definition) is 5. The minimum atomic E-state index is -3.52. The van der Waals surface area contributed by atoms with E-state index in [1.807, 2.05) is 24.3 Å². The van der Waals surface area contributed by atoms with Crippen molar-refractivity contribution in [1.82, 2.24) is 13.9 Å². The number of morpholine rings is 1. The SMILES string of the molecule is COc1ccccc1C1CNCCN1S(=O)(=O)N1CCOCC1. The van der Waals surface area contributed by atoms with Crippen molar-refractivity contribution >= 4 is 10.2 Å². The topological polar surface area (TPSA) is 71.1 Å². The Hall–Kier alpha value is -1.19. The van der Waals surface area contributed by atoms with Crippen LogP contribution in [0.1, 0.15) is 11.6 Å². The van der Waals surface area contributed by atoms with Gasteiger partial charge in [-0.3, -0.25) is 0 Å². The molecule has 1 aromatic carbocycles. The van der Waals surface area contributed by atoms with Crippen molar-refractivity contribution in [1.29, 1.82) is 0 Å². The van der Waals surface area contributed by atoms with E-state index < -0.39 is 10.2 Å². The van der Waals surface area contributed by atoms with E-state index in [-0.39, 0.29) is 6.04 Å². The van der Waals surface area contributed by atoms with Crippen molar-refractivity contribution in [3.63, 3.8) is 0 Å². The molecule has 8 heteroatoms. The second kappa shape index (κ2) is 7.14. The van der Waals surface area contributed by atoms with Gasteiger partial charge in [-0.15, -0.1) is 0 Å². The molecule has 2 fully saturated rings. The number of methoxy groups -OCH3 is 1. The molecule has 1 aromatic rings. The molecule has 0 saturated carbocycles. The molecule has 23 heavy (non-hydrogen) atoms. The molecule has 0 amide bonds. The molecule has 1 atom stereocenters. The van der Waals surface area contributed by atoms with Crippen LogP contribution in [0.2, 0.25) is 0 Å². The highest BCUT2D eigenvalue weighted by atomic mass is 32.2. The Morgan fingerprint density at radius 3 is 2.70 bits per heavy atom. The van der Waals surface area contributed by atoms with Gasteiger partial charge in [-0.05, 0) is 6.07 Å². The number of nitrogens with one attached hydrogen (secondary N) is 1. The van der Waals surface area contributed by atoms with E-state index in [0.29, 0.717) is 51.7 Å². The number of para-hydroxylation sites is 1. The van der Waals surface area contributed by atoms with Crippen LogP contribution in [-0.2, 0) is 14.9 Å². The highest BCUT2D eigenvalue weighted by Gasteiger charge is 2.38. The Morgan fingerprint density at radius 1 is 1.22 bits per heavy atom. The Kier molecular flexibility index (Phi) is 5.17. The van der Waals surface area contributed by atoms with E-state index >= 15 is 0 Å². The number of nitrogens with zero attached hydrogens (tertiary/aromatic N) is 2. The van der Waals surface area contributed by atoms with Gasteiger partial charge in [0.25, 0.3) is 10.2 Å². The second-order valence-corrected chi connectivity index (χ2v) is 7.47. The first-order valence-electron chi connectivity index (χ1n) is 7.83. The molecular weight excluding hydrogens is 318 g/mol. The number of hydrogen-bond donors (Lipinski definition) is 1. The summed E-state index contributed by atoms with van der Waals surface area (Å²) in [5.41, 5.74) is 0.888. The lowest BCUT2D eigenvalue weighted by molar-refractivity contribution is 0.0685. The molecule has 0 spiro atoms. The molecule has 128 valence electrons. The van der Waals surface area contributed by atoms with Gasteiger partial charge in [-0.1, -0.05) is 18.2 Å². The molecule has 0 bridgehead atoms. The van der Waals surface area contributed by atoms with Gasteiger partial charge < -0.3 is 14.8 Å². The van der Waals surface area contributed by atoms with E-state index in [9.17, 15) is 8.42 Å². The third-order valence-electron chi connectivity index (χ3n) is 4.28. The third-order valence-corrected chi connectivity index (χ3v) is 6.33. The fourth-order valence-corrected chi connectivity index (χ4v) is 4.83. The highest BCUT2D eigenvalue weighted by Crippen LogP contribution is 2.32. The lowest BCUT2D eigenvalue weighted by Crippen LogP contribution is -2.55. The van der Waals surface area contributed by atoms with Crippen LogP contribution in [0.4, 0.5) is 0 Å². The first-order chi connectivity index (χ1) is 11.1. The van der Waals surface area contributed by atoms with Gasteiger partial charge in [0, 0.05) is 38.3 Å². The zero-order valence-corrected chi connectivity index (χ0v) is 14.1. The van der Waals surface area contributed by atoms with Crippen LogP contribution in [0.25, 0.3) is 0 Å². The van der Waals surface area contributed by atoms with Crippen LogP contribution >= 0.6 is 0 Å². The maximum atomic E-state index is 13.1. The monoisotopic (exact) mass is 341 g/mol. The average Bonchev–Trinajstić information content (AvgIpc) is 2.62. The summed E-state index contributed by atoms with van der Waals surface area (Å²) in [5.74, 6) is 0.711. The molecule has 0 aliphatic carbocycles. The molecule has 7 nitrogen and oxygen atoms in total. The molecule has 2 heterocycles. The Labute approximate surface area is 137 Å². The standard InChI is InChI=1S/C15H23N3O4S/c1-21-15-5-3-2-4-13(15)14-12-16-6-7-18(14)23(19,20)17-8-10-22-11-9-17/h2-5,14,16H,6-12H2,1H3.